The smallest absolute Gasteiger partial charge is 0.239 e. The fourth-order valence-corrected chi connectivity index (χ4v) is 3.17. The molecule has 0 saturated heterocycles. The lowest BCUT2D eigenvalue weighted by molar-refractivity contribution is -0.126. The zero-order valence-electron chi connectivity index (χ0n) is 13.6. The van der Waals surface area contributed by atoms with E-state index < -0.39 is 0 Å². The number of para-hydroxylation sites is 1. The average molecular weight is 334 g/mol. The maximum Gasteiger partial charge on any atom is 0.239 e. The number of carbonyl (C=O) groups is 2. The van der Waals surface area contributed by atoms with Gasteiger partial charge in [-0.05, 0) is 33.0 Å². The number of carbonyl (C=O) groups excluding carboxylic acids is 2. The lowest BCUT2D eigenvalue weighted by atomic mass is 10.3. The molecule has 0 fully saturated rings. The first-order valence-electron chi connectivity index (χ1n) is 7.53. The molecule has 0 spiro atoms. The second-order valence-electron chi connectivity index (χ2n) is 5.75. The highest BCUT2D eigenvalue weighted by Crippen LogP contribution is 2.22. The van der Waals surface area contributed by atoms with E-state index in [4.69, 9.17) is 0 Å². The van der Waals surface area contributed by atoms with Gasteiger partial charge in [0.15, 0.2) is 0 Å². The Morgan fingerprint density at radius 2 is 2.00 bits per heavy atom. The van der Waals surface area contributed by atoms with E-state index in [1.54, 1.807) is 11.3 Å². The van der Waals surface area contributed by atoms with Gasteiger partial charge in [0.2, 0.25) is 11.8 Å². The summed E-state index contributed by atoms with van der Waals surface area (Å²) in [6.07, 6.45) is 0. The van der Waals surface area contributed by atoms with Gasteiger partial charge in [0, 0.05) is 6.04 Å². The third-order valence-electron chi connectivity index (χ3n) is 3.05. The molecule has 23 heavy (non-hydrogen) atoms. The average Bonchev–Trinajstić information content (AvgIpc) is 2.86. The minimum Gasteiger partial charge on any atom is -0.352 e. The fourth-order valence-electron chi connectivity index (χ4n) is 2.13. The van der Waals surface area contributed by atoms with Crippen molar-refractivity contribution in [1.82, 2.24) is 20.5 Å². The summed E-state index contributed by atoms with van der Waals surface area (Å²) < 4.78 is 1.14. The molecule has 7 heteroatoms. The highest BCUT2D eigenvalue weighted by atomic mass is 32.1. The van der Waals surface area contributed by atoms with Gasteiger partial charge >= 0.3 is 0 Å². The van der Waals surface area contributed by atoms with Crippen molar-refractivity contribution in [2.75, 3.05) is 20.1 Å². The monoisotopic (exact) mass is 334 g/mol. The van der Waals surface area contributed by atoms with Crippen molar-refractivity contribution in [1.29, 1.82) is 0 Å². The summed E-state index contributed by atoms with van der Waals surface area (Å²) in [5.74, 6) is -0.352. The van der Waals surface area contributed by atoms with Gasteiger partial charge in [-0.25, -0.2) is 4.98 Å². The van der Waals surface area contributed by atoms with Gasteiger partial charge in [-0.15, -0.1) is 11.3 Å². The first-order valence-corrected chi connectivity index (χ1v) is 8.34. The normalized spacial score (nSPS) is 11.2. The van der Waals surface area contributed by atoms with Crippen molar-refractivity contribution in [2.45, 2.75) is 26.4 Å². The van der Waals surface area contributed by atoms with Gasteiger partial charge in [0.05, 0.1) is 29.9 Å². The molecule has 0 aliphatic heterocycles. The molecule has 1 aromatic heterocycles. The first-order chi connectivity index (χ1) is 10.9. The second-order valence-corrected chi connectivity index (χ2v) is 6.86. The predicted octanol–water partition coefficient (Wildman–Crippen LogP) is 1.37. The zero-order chi connectivity index (χ0) is 16.8. The Morgan fingerprint density at radius 3 is 2.70 bits per heavy atom. The third-order valence-corrected chi connectivity index (χ3v) is 4.07. The molecular formula is C16H22N4O2S. The summed E-state index contributed by atoms with van der Waals surface area (Å²) in [6, 6.07) is 8.04. The SMILES string of the molecule is CC(C)NC(=O)CNC(=O)CN(C)Cc1nc2ccccc2s1. The quantitative estimate of drug-likeness (QED) is 0.802. The molecule has 2 rings (SSSR count). The van der Waals surface area contributed by atoms with Crippen LogP contribution >= 0.6 is 11.3 Å². The molecule has 0 radical (unpaired) electrons. The minimum atomic E-state index is -0.179. The molecule has 0 bridgehead atoms. The van der Waals surface area contributed by atoms with Crippen LogP contribution in [0.25, 0.3) is 10.2 Å². The summed E-state index contributed by atoms with van der Waals surface area (Å²) in [7, 11) is 1.86. The van der Waals surface area contributed by atoms with Gasteiger partial charge in [-0.2, -0.15) is 0 Å². The van der Waals surface area contributed by atoms with Crippen LogP contribution in [-0.2, 0) is 16.1 Å². The van der Waals surface area contributed by atoms with Crippen LogP contribution in [0, 0.1) is 0 Å². The Kier molecular flexibility index (Phi) is 6.06. The number of likely N-dealkylation sites (N-methyl/N-ethyl adjacent to an activating group) is 1. The van der Waals surface area contributed by atoms with E-state index in [0.29, 0.717) is 6.54 Å². The van der Waals surface area contributed by atoms with Crippen LogP contribution < -0.4 is 10.6 Å². The minimum absolute atomic E-state index is 0.00594. The van der Waals surface area contributed by atoms with Crippen molar-refractivity contribution in [3.05, 3.63) is 29.3 Å². The third kappa shape index (κ3) is 5.61. The summed E-state index contributed by atoms with van der Waals surface area (Å²) in [6.45, 7) is 4.60. The van der Waals surface area contributed by atoms with Crippen molar-refractivity contribution >= 4 is 33.4 Å². The number of benzene rings is 1. The van der Waals surface area contributed by atoms with Gasteiger partial charge in [0.1, 0.15) is 5.01 Å². The number of thiazole rings is 1. The Balaban J connectivity index is 1.78. The summed E-state index contributed by atoms with van der Waals surface area (Å²) >= 11 is 1.63. The van der Waals surface area contributed by atoms with Crippen LogP contribution in [0.5, 0.6) is 0 Å². The molecular weight excluding hydrogens is 312 g/mol. The van der Waals surface area contributed by atoms with E-state index in [0.717, 1.165) is 15.2 Å². The predicted molar refractivity (Wildman–Crippen MR) is 92.2 cm³/mol. The molecule has 1 aromatic carbocycles. The Morgan fingerprint density at radius 1 is 1.26 bits per heavy atom. The summed E-state index contributed by atoms with van der Waals surface area (Å²) in [5.41, 5.74) is 0.982. The van der Waals surface area contributed by atoms with Gasteiger partial charge < -0.3 is 10.6 Å². The molecule has 0 aliphatic carbocycles. The lowest BCUT2D eigenvalue weighted by Gasteiger charge is -2.15. The van der Waals surface area contributed by atoms with Gasteiger partial charge in [-0.3, -0.25) is 14.5 Å². The number of nitrogens with one attached hydrogen (secondary N) is 2. The van der Waals surface area contributed by atoms with E-state index in [9.17, 15) is 9.59 Å². The van der Waals surface area contributed by atoms with Crippen molar-refractivity contribution < 1.29 is 9.59 Å². The summed E-state index contributed by atoms with van der Waals surface area (Å²) in [5, 5.41) is 6.32. The van der Waals surface area contributed by atoms with Gasteiger partial charge in [0.25, 0.3) is 0 Å². The first kappa shape index (κ1) is 17.4. The summed E-state index contributed by atoms with van der Waals surface area (Å²) in [4.78, 5) is 29.8. The number of hydrogen-bond acceptors (Lipinski definition) is 5. The largest absolute Gasteiger partial charge is 0.352 e. The molecule has 1 heterocycles. The number of nitrogens with zero attached hydrogens (tertiary/aromatic N) is 2. The number of aromatic nitrogens is 1. The van der Waals surface area contributed by atoms with Crippen LogP contribution in [0.3, 0.4) is 0 Å². The molecule has 0 saturated carbocycles. The molecule has 0 atom stereocenters. The van der Waals surface area contributed by atoms with Crippen LogP contribution in [0.2, 0.25) is 0 Å². The van der Waals surface area contributed by atoms with Crippen molar-refractivity contribution in [2.24, 2.45) is 0 Å². The molecule has 2 amide bonds. The standard InChI is InChI=1S/C16H22N4O2S/c1-11(2)18-14(21)8-17-15(22)9-20(3)10-16-19-12-6-4-5-7-13(12)23-16/h4-7,11H,8-10H2,1-3H3,(H,17,22)(H,18,21). The number of rotatable bonds is 7. The number of fused-ring (bicyclic) bond motifs is 1. The highest BCUT2D eigenvalue weighted by molar-refractivity contribution is 7.18. The number of amides is 2. The molecule has 2 N–H and O–H groups in total. The van der Waals surface area contributed by atoms with E-state index in [1.165, 1.54) is 0 Å². The van der Waals surface area contributed by atoms with Crippen LogP contribution in [0.4, 0.5) is 0 Å². The molecule has 0 unspecified atom stereocenters. The van der Waals surface area contributed by atoms with E-state index in [2.05, 4.69) is 15.6 Å². The van der Waals surface area contributed by atoms with Crippen LogP contribution in [-0.4, -0.2) is 47.9 Å². The Hall–Kier alpha value is -1.99. The van der Waals surface area contributed by atoms with Gasteiger partial charge in [-0.1, -0.05) is 12.1 Å². The Bertz CT molecular complexity index is 651. The van der Waals surface area contributed by atoms with E-state index >= 15 is 0 Å². The maximum atomic E-state index is 11.9. The highest BCUT2D eigenvalue weighted by Gasteiger charge is 2.11. The van der Waals surface area contributed by atoms with Crippen molar-refractivity contribution in [3.63, 3.8) is 0 Å². The van der Waals surface area contributed by atoms with Crippen LogP contribution in [0.1, 0.15) is 18.9 Å². The molecule has 0 aliphatic rings. The lowest BCUT2D eigenvalue weighted by Crippen LogP contribution is -2.42. The number of hydrogen-bond donors (Lipinski definition) is 2. The molecule has 124 valence electrons. The Labute approximate surface area is 139 Å². The topological polar surface area (TPSA) is 74.3 Å². The van der Waals surface area contributed by atoms with Crippen LogP contribution in [0.15, 0.2) is 24.3 Å². The van der Waals surface area contributed by atoms with E-state index in [1.807, 2.05) is 50.1 Å². The molecule has 2 aromatic rings. The second kappa shape index (κ2) is 8.03. The molecule has 6 nitrogen and oxygen atoms in total. The van der Waals surface area contributed by atoms with Crippen molar-refractivity contribution in [3.8, 4) is 0 Å². The zero-order valence-corrected chi connectivity index (χ0v) is 14.4. The van der Waals surface area contributed by atoms with E-state index in [-0.39, 0.29) is 30.9 Å². The maximum absolute atomic E-state index is 11.9. The fraction of sp³-hybridized carbons (Fsp3) is 0.438.